The number of carboxylic acids is 1. The molecule has 131 heavy (non-hydrogen) atoms. The molecule has 0 bridgehead atoms. The van der Waals surface area contributed by atoms with E-state index in [9.17, 15) is 47.0 Å². The fraction of sp³-hybridized carbons (Fsp3) is 0.225. The Hall–Kier alpha value is -12.1. The van der Waals surface area contributed by atoms with Gasteiger partial charge in [-0.3, -0.25) is 14.5 Å². The number of carboxylic acid groups (broad SMARTS) is 1. The number of anilines is 2. The molecule has 8 N–H and O–H groups in total. The molecule has 678 valence electrons. The number of nitrogens with zero attached hydrogens (tertiary/aromatic N) is 15. The van der Waals surface area contributed by atoms with E-state index < -0.39 is 41.1 Å². The van der Waals surface area contributed by atoms with E-state index in [1.165, 1.54) is 68.2 Å². The molecule has 3 aromatic heterocycles. The van der Waals surface area contributed by atoms with E-state index in [0.29, 0.717) is 74.5 Å². The van der Waals surface area contributed by atoms with Crippen LogP contribution in [-0.4, -0.2) is 173 Å². The Morgan fingerprint density at radius 3 is 1.08 bits per heavy atom. The van der Waals surface area contributed by atoms with Gasteiger partial charge in [-0.05, 0) is 240 Å². The predicted octanol–water partition coefficient (Wildman–Crippen LogP) is 12.3. The van der Waals surface area contributed by atoms with Crippen LogP contribution in [0.2, 0.25) is 0 Å². The van der Waals surface area contributed by atoms with Crippen molar-refractivity contribution in [3.63, 3.8) is 0 Å². The van der Waals surface area contributed by atoms with Crippen molar-refractivity contribution in [3.05, 3.63) is 301 Å². The molecule has 0 saturated heterocycles. The van der Waals surface area contributed by atoms with Crippen LogP contribution in [-0.2, 0) is 34.7 Å². The number of alkyl halides is 3. The number of methoxy groups -OCH3 is 5. The van der Waals surface area contributed by atoms with Crippen molar-refractivity contribution in [2.45, 2.75) is 87.5 Å². The number of halogens is 7. The molecular formula is C89H94Cl4F3LiN19NaO13Si. The van der Waals surface area contributed by atoms with Crippen molar-refractivity contribution >= 4 is 96.7 Å². The average Bonchev–Trinajstić information content (AvgIpc) is 1.65. The first kappa shape index (κ1) is 113. The van der Waals surface area contributed by atoms with Crippen LogP contribution in [0.5, 0.6) is 0 Å². The van der Waals surface area contributed by atoms with Crippen LogP contribution in [0.4, 0.5) is 24.5 Å². The van der Waals surface area contributed by atoms with Gasteiger partial charge in [0.05, 0.1) is 73.9 Å². The first-order chi connectivity index (χ1) is 60.6. The zero-order valence-corrected chi connectivity index (χ0v) is 80.7. The molecule has 0 radical (unpaired) electrons. The molecule has 42 heteroatoms. The molecule has 0 aliphatic carbocycles. The normalized spacial score (nSPS) is 10.7. The number of hydrogen-bond acceptors (Lipinski definition) is 23. The number of nitrogens with two attached hydrogens (primary N) is 2. The van der Waals surface area contributed by atoms with Gasteiger partial charge in [-0.1, -0.05) is 149 Å². The number of rotatable bonds is 19. The molecule has 3 heterocycles. The molecule has 0 aliphatic heterocycles. The summed E-state index contributed by atoms with van der Waals surface area (Å²) in [4.78, 5) is 72.1. The Labute approximate surface area is 808 Å². The zero-order chi connectivity index (χ0) is 94.7. The molecule has 2 amide bonds. The number of amides is 2. The monoisotopic (exact) mass is 1890 g/mol. The number of carbonyl (C=O) groups excluding carboxylic acids is 5. The topological polar surface area (TPSA) is 464 Å². The third-order valence-electron chi connectivity index (χ3n) is 17.6. The number of nitrogen functional groups attached to an aromatic ring is 1. The summed E-state index contributed by atoms with van der Waals surface area (Å²) >= 11 is 19.9. The Morgan fingerprint density at radius 2 is 0.763 bits per heavy atom. The van der Waals surface area contributed by atoms with Crippen LogP contribution in [0, 0.1) is 48.5 Å². The van der Waals surface area contributed by atoms with Crippen molar-refractivity contribution in [1.29, 1.82) is 0 Å². The van der Waals surface area contributed by atoms with Gasteiger partial charge in [0, 0.05) is 50.2 Å². The molecule has 13 aromatic rings. The van der Waals surface area contributed by atoms with E-state index in [4.69, 9.17) is 85.8 Å². The second-order valence-electron chi connectivity index (χ2n) is 28.2. The molecule has 0 aliphatic rings. The number of esters is 3. The average molecular weight is 1890 g/mol. The summed E-state index contributed by atoms with van der Waals surface area (Å²) in [5.41, 5.74) is 43.2. The van der Waals surface area contributed by atoms with Crippen LogP contribution in [0.3, 0.4) is 0 Å². The SMILES string of the molecule is COC(=O)c1cc(-c2ccc(C)cc2)cc(-n2nnnc2C)c1.COC(=O)c1cc(N)cc(-c2ccc(C)cc2)c1.COC(=O)c1cc(NC(C)=O)cc(-c2ccc(C)cc2)c1.COCC(C)N.COCC(C)NC(=O)c1cc(-c2ccc(C)cc2)cc(-n2nnnc2C(F)(F)F)c1.Cc1ccc(-c2cc(C(=O)O)cc(-n3nnnc3C)c2)cc1.Cl[Si](Cl)(Cl)Cl.[Li+].[N-]=[N+]=[N-].[Na+].[OH-]. The van der Waals surface area contributed by atoms with Gasteiger partial charge in [-0.15, -0.1) is 59.6 Å². The zero-order valence-electron chi connectivity index (χ0n) is 74.7. The third-order valence-corrected chi connectivity index (χ3v) is 17.6. The number of aromatic carboxylic acids is 1. The number of aromatic nitrogens is 12. The van der Waals surface area contributed by atoms with Crippen molar-refractivity contribution < 1.29 is 125 Å². The Balaban J connectivity index is 0.000000407. The second kappa shape index (κ2) is 55.2. The van der Waals surface area contributed by atoms with Gasteiger partial charge in [0.25, 0.3) is 11.7 Å². The van der Waals surface area contributed by atoms with Crippen LogP contribution in [0.25, 0.3) is 88.7 Å². The van der Waals surface area contributed by atoms with Crippen molar-refractivity contribution in [2.24, 2.45) is 5.73 Å². The van der Waals surface area contributed by atoms with E-state index >= 15 is 0 Å². The third kappa shape index (κ3) is 37.4. The fourth-order valence-electron chi connectivity index (χ4n) is 11.6. The number of hydrogen-bond donors (Lipinski definition) is 5. The summed E-state index contributed by atoms with van der Waals surface area (Å²) in [6.45, 7) is 19.6. The number of benzene rings is 10. The van der Waals surface area contributed by atoms with Gasteiger partial charge < -0.3 is 67.4 Å². The summed E-state index contributed by atoms with van der Waals surface area (Å²) in [6.07, 6.45) is -4.75. The summed E-state index contributed by atoms with van der Waals surface area (Å²) < 4.78 is 67.6. The number of tetrazole rings is 3. The van der Waals surface area contributed by atoms with Gasteiger partial charge in [-0.25, -0.2) is 19.2 Å². The second-order valence-corrected chi connectivity index (χ2v) is 39.4. The van der Waals surface area contributed by atoms with Crippen molar-refractivity contribution in [1.82, 2.24) is 65.9 Å². The van der Waals surface area contributed by atoms with Gasteiger partial charge in [0.1, 0.15) is 0 Å². The first-order valence-corrected chi connectivity index (χ1v) is 44.4. The summed E-state index contributed by atoms with van der Waals surface area (Å²) in [5, 5.41) is 44.6. The summed E-state index contributed by atoms with van der Waals surface area (Å²) in [6, 6.07) is 64.7. The molecule has 0 spiro atoms. The van der Waals surface area contributed by atoms with E-state index in [1.54, 1.807) is 87.2 Å². The maximum Gasteiger partial charge on any atom is 1.00 e. The van der Waals surface area contributed by atoms with E-state index in [2.05, 4.69) is 61.9 Å². The Bertz CT molecular complexity index is 5940. The largest absolute Gasteiger partial charge is 1.00 e. The molecular weight excluding hydrogens is 1800 g/mol. The maximum atomic E-state index is 13.3. The minimum Gasteiger partial charge on any atom is -0.870 e. The predicted molar refractivity (Wildman–Crippen MR) is 491 cm³/mol. The van der Waals surface area contributed by atoms with Gasteiger partial charge >= 0.3 is 83.8 Å². The smallest absolute Gasteiger partial charge is 0.870 e. The van der Waals surface area contributed by atoms with Crippen LogP contribution < -0.4 is 70.5 Å². The molecule has 32 nitrogen and oxygen atoms in total. The molecule has 0 fully saturated rings. The standard InChI is InChI=1S/C20H20F3N5O2.C17H16N4O2.C17H17NO3.C16H14N4O2.C15H15NO2.C4H11NO.Cl4Si.Li.N3.Na.H2O/c1-12-4-6-14(7-5-12)15-8-16(18(29)24-13(2)11-30-3)10-17(9-15)28-19(20(21,22)23)25-26-27-28;1-11-4-6-13(7-5-11)14-8-15(17(22)23-3)10-16(9-14)21-12(2)18-19-20-21;1-11-4-6-13(7-5-11)14-8-15(17(20)21-3)10-16(9-14)18-12(2)19;1-10-3-5-12(6-4-10)13-7-14(16(21)22)9-15(8-13)20-11(2)17-18-19-20;1-10-3-5-11(6-4-10)12-7-13(15(17)18-2)9-14(16)8-12;1-4(5)3-6-2;1-5(2,3)4;;1-3-2;;/h4-10,13H,11H2,1-3H3,(H,24,29);4-10H,1-3H3;4-10H,1-3H3,(H,18,19);3-9H,1-2H3,(H,21,22);3-9H,16H2,1-2H3;4H,3,5H2,1-2H3;;;;;1H2/q;;;;;;;+1;-1;+1;/p-1. The van der Waals surface area contributed by atoms with E-state index in [1.807, 2.05) is 187 Å². The van der Waals surface area contributed by atoms with Crippen LogP contribution in [0.1, 0.15) is 118 Å². The van der Waals surface area contributed by atoms with Crippen LogP contribution >= 0.6 is 44.3 Å². The number of carbonyl (C=O) groups is 6. The van der Waals surface area contributed by atoms with Crippen molar-refractivity contribution in [3.8, 4) is 72.7 Å². The summed E-state index contributed by atoms with van der Waals surface area (Å²) in [7, 11) is 7.21. The molecule has 2 atom stereocenters. The maximum absolute atomic E-state index is 13.3. The number of aryl methyl sites for hydroxylation is 7. The Kier molecular flexibility index (Phi) is 47.7. The minimum absolute atomic E-state index is 0. The number of nitrogens with one attached hydrogen (secondary N) is 2. The van der Waals surface area contributed by atoms with Gasteiger partial charge in [0.15, 0.2) is 11.6 Å². The number of ether oxygens (including phenoxy) is 5. The summed E-state index contributed by atoms with van der Waals surface area (Å²) in [5.74, 6) is -2.87. The van der Waals surface area contributed by atoms with Gasteiger partial charge in [-0.2, -0.15) is 27.2 Å². The molecule has 0 saturated carbocycles. The Morgan fingerprint density at radius 1 is 0.466 bits per heavy atom. The van der Waals surface area contributed by atoms with Gasteiger partial charge in [0.2, 0.25) is 5.91 Å². The van der Waals surface area contributed by atoms with Crippen molar-refractivity contribution in [2.75, 3.05) is 59.8 Å². The van der Waals surface area contributed by atoms with E-state index in [-0.39, 0.29) is 94.7 Å². The first-order valence-electron chi connectivity index (χ1n) is 38.4. The minimum atomic E-state index is -4.75. The van der Waals surface area contributed by atoms with E-state index in [0.717, 1.165) is 66.8 Å². The van der Waals surface area contributed by atoms with Crippen LogP contribution in [0.15, 0.2) is 212 Å². The molecule has 10 aromatic carbocycles. The molecule has 2 unspecified atom stereocenters. The fourth-order valence-corrected chi connectivity index (χ4v) is 11.6. The molecule has 13 rings (SSSR count). The quantitative estimate of drug-likeness (QED) is 0.00733.